The number of furan rings is 1. The van der Waals surface area contributed by atoms with Crippen LogP contribution in [0.15, 0.2) is 58.3 Å². The van der Waals surface area contributed by atoms with Crippen molar-refractivity contribution in [1.82, 2.24) is 10.4 Å². The van der Waals surface area contributed by atoms with Crippen molar-refractivity contribution in [3.63, 3.8) is 0 Å². The van der Waals surface area contributed by atoms with Crippen molar-refractivity contribution in [3.05, 3.63) is 82.0 Å². The molecule has 2 N–H and O–H groups in total. The van der Waals surface area contributed by atoms with Crippen LogP contribution in [-0.4, -0.2) is 22.5 Å². The standard InChI is InChI=1S/C22H19ClN4O3/c1-13-19-17(26-27-21(28)14-4-3-11-24-12-14)5-2-6-18(19)30-20(13)22(29)25-16-9-7-15(23)8-10-16/h3-4,7-12H,2,5-6H2,1H3,(H,25,29)(H,27,28)/b26-17+. The van der Waals surface area contributed by atoms with E-state index in [2.05, 4.69) is 20.8 Å². The van der Waals surface area contributed by atoms with E-state index in [1.54, 1.807) is 42.6 Å². The molecule has 7 nitrogen and oxygen atoms in total. The number of carbonyl (C=O) groups excluding carboxylic acids is 2. The fraction of sp³-hybridized carbons (Fsp3) is 0.182. The number of hydrogen-bond donors (Lipinski definition) is 2. The lowest BCUT2D eigenvalue weighted by Gasteiger charge is -2.13. The summed E-state index contributed by atoms with van der Waals surface area (Å²) in [5.41, 5.74) is 5.80. The van der Waals surface area contributed by atoms with E-state index in [9.17, 15) is 9.59 Å². The molecule has 3 aromatic rings. The third kappa shape index (κ3) is 4.11. The first-order chi connectivity index (χ1) is 14.5. The summed E-state index contributed by atoms with van der Waals surface area (Å²) in [6, 6.07) is 10.2. The molecule has 30 heavy (non-hydrogen) atoms. The summed E-state index contributed by atoms with van der Waals surface area (Å²) in [7, 11) is 0. The SMILES string of the molecule is Cc1c(C(=O)Nc2ccc(Cl)cc2)oc2c1/C(=N/NC(=O)c1cccnc1)CCC2. The fourth-order valence-corrected chi connectivity index (χ4v) is 3.52. The van der Waals surface area contributed by atoms with E-state index in [1.165, 1.54) is 6.20 Å². The van der Waals surface area contributed by atoms with Gasteiger partial charge in [0.15, 0.2) is 5.76 Å². The predicted molar refractivity (Wildman–Crippen MR) is 114 cm³/mol. The summed E-state index contributed by atoms with van der Waals surface area (Å²) in [5, 5.41) is 7.71. The highest BCUT2D eigenvalue weighted by Crippen LogP contribution is 2.30. The van der Waals surface area contributed by atoms with Crippen LogP contribution in [0.5, 0.6) is 0 Å². The van der Waals surface area contributed by atoms with Crippen LogP contribution in [0.1, 0.15) is 50.6 Å². The molecular weight excluding hydrogens is 404 g/mol. The number of fused-ring (bicyclic) bond motifs is 1. The maximum atomic E-state index is 12.7. The molecule has 0 saturated carbocycles. The summed E-state index contributed by atoms with van der Waals surface area (Å²) >= 11 is 5.89. The van der Waals surface area contributed by atoms with E-state index in [0.717, 1.165) is 12.0 Å². The zero-order valence-corrected chi connectivity index (χ0v) is 17.0. The summed E-state index contributed by atoms with van der Waals surface area (Å²) in [6.45, 7) is 1.82. The minimum atomic E-state index is -0.344. The van der Waals surface area contributed by atoms with Gasteiger partial charge < -0.3 is 9.73 Å². The molecule has 0 bridgehead atoms. The van der Waals surface area contributed by atoms with Crippen molar-refractivity contribution in [2.45, 2.75) is 26.2 Å². The van der Waals surface area contributed by atoms with Crippen molar-refractivity contribution >= 4 is 34.8 Å². The van der Waals surface area contributed by atoms with E-state index in [0.29, 0.717) is 46.2 Å². The number of amides is 2. The molecule has 1 aliphatic carbocycles. The molecule has 2 amide bonds. The normalized spacial score (nSPS) is 14.3. The maximum Gasteiger partial charge on any atom is 0.291 e. The Morgan fingerprint density at radius 1 is 1.13 bits per heavy atom. The maximum absolute atomic E-state index is 12.7. The van der Waals surface area contributed by atoms with Crippen molar-refractivity contribution in [2.75, 3.05) is 5.32 Å². The molecule has 0 spiro atoms. The monoisotopic (exact) mass is 422 g/mol. The molecule has 0 saturated heterocycles. The van der Waals surface area contributed by atoms with Gasteiger partial charge in [-0.15, -0.1) is 0 Å². The summed E-state index contributed by atoms with van der Waals surface area (Å²) in [5.74, 6) is 0.255. The topological polar surface area (TPSA) is 96.6 Å². The quantitative estimate of drug-likeness (QED) is 0.610. The van der Waals surface area contributed by atoms with E-state index >= 15 is 0 Å². The van der Waals surface area contributed by atoms with Crippen LogP contribution in [0.25, 0.3) is 0 Å². The number of carbonyl (C=O) groups is 2. The number of pyridine rings is 1. The molecule has 0 atom stereocenters. The zero-order chi connectivity index (χ0) is 21.1. The number of anilines is 1. The Hall–Kier alpha value is -3.45. The summed E-state index contributed by atoms with van der Waals surface area (Å²) in [4.78, 5) is 28.9. The Bertz CT molecular complexity index is 1120. The minimum Gasteiger partial charge on any atom is -0.455 e. The molecular formula is C22H19ClN4O3. The number of nitrogens with one attached hydrogen (secondary N) is 2. The number of aromatic nitrogens is 1. The first-order valence-electron chi connectivity index (χ1n) is 9.49. The number of benzene rings is 1. The van der Waals surface area contributed by atoms with Gasteiger partial charge in [0.2, 0.25) is 0 Å². The van der Waals surface area contributed by atoms with E-state index in [4.69, 9.17) is 16.0 Å². The third-order valence-electron chi connectivity index (χ3n) is 4.85. The highest BCUT2D eigenvalue weighted by Gasteiger charge is 2.28. The van der Waals surface area contributed by atoms with Gasteiger partial charge in [-0.3, -0.25) is 14.6 Å². The number of hydrazone groups is 1. The number of rotatable bonds is 4. The predicted octanol–water partition coefficient (Wildman–Crippen LogP) is 4.36. The van der Waals surface area contributed by atoms with Crippen molar-refractivity contribution in [1.29, 1.82) is 0 Å². The number of aryl methyl sites for hydroxylation is 1. The van der Waals surface area contributed by atoms with Crippen LogP contribution in [0.3, 0.4) is 0 Å². The Morgan fingerprint density at radius 2 is 1.93 bits per heavy atom. The second-order valence-corrected chi connectivity index (χ2v) is 7.35. The van der Waals surface area contributed by atoms with Crippen LogP contribution in [0.2, 0.25) is 5.02 Å². The minimum absolute atomic E-state index is 0.239. The van der Waals surface area contributed by atoms with Gasteiger partial charge in [-0.2, -0.15) is 5.10 Å². The van der Waals surface area contributed by atoms with Crippen LogP contribution < -0.4 is 10.7 Å². The second kappa shape index (κ2) is 8.51. The highest BCUT2D eigenvalue weighted by atomic mass is 35.5. The number of hydrogen-bond acceptors (Lipinski definition) is 5. The lowest BCUT2D eigenvalue weighted by molar-refractivity contribution is 0.0953. The Balaban J connectivity index is 1.56. The smallest absolute Gasteiger partial charge is 0.291 e. The van der Waals surface area contributed by atoms with Gasteiger partial charge in [-0.25, -0.2) is 5.43 Å². The molecule has 0 radical (unpaired) electrons. The number of nitrogens with zero attached hydrogens (tertiary/aromatic N) is 2. The molecule has 0 aliphatic heterocycles. The van der Waals surface area contributed by atoms with Gasteiger partial charge in [0.05, 0.1) is 11.3 Å². The first kappa shape index (κ1) is 19.8. The van der Waals surface area contributed by atoms with Crippen LogP contribution in [-0.2, 0) is 6.42 Å². The van der Waals surface area contributed by atoms with E-state index in [1.807, 2.05) is 6.92 Å². The van der Waals surface area contributed by atoms with Gasteiger partial charge in [-0.1, -0.05) is 11.6 Å². The third-order valence-corrected chi connectivity index (χ3v) is 5.10. The van der Waals surface area contributed by atoms with Gasteiger partial charge in [-0.05, 0) is 56.2 Å². The van der Waals surface area contributed by atoms with Gasteiger partial charge >= 0.3 is 0 Å². The van der Waals surface area contributed by atoms with Crippen LogP contribution in [0.4, 0.5) is 5.69 Å². The Labute approximate surface area is 178 Å². The van der Waals surface area contributed by atoms with Crippen molar-refractivity contribution < 1.29 is 14.0 Å². The molecule has 0 unspecified atom stereocenters. The molecule has 2 aromatic heterocycles. The lowest BCUT2D eigenvalue weighted by atomic mass is 9.93. The fourth-order valence-electron chi connectivity index (χ4n) is 3.40. The Morgan fingerprint density at radius 3 is 2.67 bits per heavy atom. The van der Waals surface area contributed by atoms with Crippen LogP contribution in [0, 0.1) is 6.92 Å². The molecule has 152 valence electrons. The molecule has 4 rings (SSSR count). The van der Waals surface area contributed by atoms with Crippen molar-refractivity contribution in [3.8, 4) is 0 Å². The Kier molecular flexibility index (Phi) is 5.63. The molecule has 2 heterocycles. The molecule has 1 aliphatic rings. The highest BCUT2D eigenvalue weighted by molar-refractivity contribution is 6.30. The average Bonchev–Trinajstić information content (AvgIpc) is 3.11. The van der Waals surface area contributed by atoms with E-state index < -0.39 is 0 Å². The second-order valence-electron chi connectivity index (χ2n) is 6.91. The molecule has 0 fully saturated rings. The van der Waals surface area contributed by atoms with Gasteiger partial charge in [0.1, 0.15) is 5.76 Å². The van der Waals surface area contributed by atoms with Crippen molar-refractivity contribution in [2.24, 2.45) is 5.10 Å². The van der Waals surface area contributed by atoms with E-state index in [-0.39, 0.29) is 17.6 Å². The average molecular weight is 423 g/mol. The summed E-state index contributed by atoms with van der Waals surface area (Å²) in [6.07, 6.45) is 5.28. The largest absolute Gasteiger partial charge is 0.455 e. The lowest BCUT2D eigenvalue weighted by Crippen LogP contribution is -2.22. The van der Waals surface area contributed by atoms with Gasteiger partial charge in [0, 0.05) is 40.7 Å². The first-order valence-corrected chi connectivity index (χ1v) is 9.87. The summed E-state index contributed by atoms with van der Waals surface area (Å²) < 4.78 is 5.87. The van der Waals surface area contributed by atoms with Crippen LogP contribution >= 0.6 is 11.6 Å². The zero-order valence-electron chi connectivity index (χ0n) is 16.2. The molecule has 8 heteroatoms. The number of halogens is 1. The van der Waals surface area contributed by atoms with Gasteiger partial charge in [0.25, 0.3) is 11.8 Å². The molecule has 1 aromatic carbocycles.